The van der Waals surface area contributed by atoms with Crippen molar-refractivity contribution in [1.29, 1.82) is 0 Å². The summed E-state index contributed by atoms with van der Waals surface area (Å²) in [5.41, 5.74) is 0. The van der Waals surface area contributed by atoms with Gasteiger partial charge in [0, 0.05) is 6.42 Å². The minimum Gasteiger partial charge on any atom is -0.462 e. The van der Waals surface area contributed by atoms with Crippen molar-refractivity contribution in [2.75, 3.05) is 6.61 Å². The molecule has 6 nitrogen and oxygen atoms in total. The molecule has 64 heavy (non-hydrogen) atoms. The molecule has 0 saturated carbocycles. The Kier molecular flexibility index (Phi) is 49.6. The summed E-state index contributed by atoms with van der Waals surface area (Å²) in [5, 5.41) is 23.8. The summed E-state index contributed by atoms with van der Waals surface area (Å²) in [7, 11) is 0. The molecule has 0 spiro atoms. The molecule has 0 aromatic heterocycles. The monoisotopic (exact) mass is 896 g/mol. The minimum atomic E-state index is -0.802. The lowest BCUT2D eigenvalue weighted by Crippen LogP contribution is -2.46. The summed E-state index contributed by atoms with van der Waals surface area (Å²) < 4.78 is 5.92. The molecule has 3 N–H and O–H groups in total. The second-order valence-corrected chi connectivity index (χ2v) is 18.7. The first kappa shape index (κ1) is 61.6. The van der Waals surface area contributed by atoms with E-state index in [1.807, 2.05) is 0 Å². The van der Waals surface area contributed by atoms with Crippen molar-refractivity contribution in [3.63, 3.8) is 0 Å². The van der Waals surface area contributed by atoms with E-state index in [0.717, 1.165) is 89.9 Å². The molecule has 372 valence electrons. The first-order valence-electron chi connectivity index (χ1n) is 27.5. The number of allylic oxidation sites excluding steroid dienone is 10. The van der Waals surface area contributed by atoms with Crippen LogP contribution in [0, 0.1) is 0 Å². The van der Waals surface area contributed by atoms with Gasteiger partial charge >= 0.3 is 5.97 Å². The van der Waals surface area contributed by atoms with Gasteiger partial charge in [-0.15, -0.1) is 0 Å². The van der Waals surface area contributed by atoms with Gasteiger partial charge in [0.2, 0.25) is 5.91 Å². The fourth-order valence-electron chi connectivity index (χ4n) is 8.13. The topological polar surface area (TPSA) is 95.9 Å². The van der Waals surface area contributed by atoms with E-state index >= 15 is 0 Å². The summed E-state index contributed by atoms with van der Waals surface area (Å²) in [5.74, 6) is -0.525. The van der Waals surface area contributed by atoms with Crippen LogP contribution in [0.2, 0.25) is 0 Å². The predicted octanol–water partition coefficient (Wildman–Crippen LogP) is 16.8. The van der Waals surface area contributed by atoms with E-state index in [1.54, 1.807) is 0 Å². The van der Waals surface area contributed by atoms with E-state index in [4.69, 9.17) is 4.74 Å². The third kappa shape index (κ3) is 46.1. The van der Waals surface area contributed by atoms with Crippen molar-refractivity contribution < 1.29 is 24.5 Å². The number of amides is 1. The van der Waals surface area contributed by atoms with Gasteiger partial charge in [-0.3, -0.25) is 9.59 Å². The maximum atomic E-state index is 13.2. The average Bonchev–Trinajstić information content (AvgIpc) is 3.29. The van der Waals surface area contributed by atoms with Gasteiger partial charge < -0.3 is 20.3 Å². The van der Waals surface area contributed by atoms with Crippen LogP contribution >= 0.6 is 0 Å². The molecule has 1 amide bonds. The second-order valence-electron chi connectivity index (χ2n) is 18.7. The number of carbonyl (C=O) groups is 2. The molecule has 3 atom stereocenters. The number of hydrogen-bond donors (Lipinski definition) is 3. The quantitative estimate of drug-likeness (QED) is 0.0245. The predicted molar refractivity (Wildman–Crippen MR) is 278 cm³/mol. The molecule has 3 unspecified atom stereocenters. The Balaban J connectivity index is 4.65. The van der Waals surface area contributed by atoms with Crippen LogP contribution in [0.15, 0.2) is 60.8 Å². The van der Waals surface area contributed by atoms with E-state index in [9.17, 15) is 19.8 Å². The molecular formula is C58H105NO5. The van der Waals surface area contributed by atoms with Gasteiger partial charge in [0.15, 0.2) is 0 Å². The summed E-state index contributed by atoms with van der Waals surface area (Å²) in [6.07, 6.45) is 64.2. The van der Waals surface area contributed by atoms with Gasteiger partial charge in [0.25, 0.3) is 0 Å². The zero-order valence-electron chi connectivity index (χ0n) is 42.4. The molecule has 6 heteroatoms. The summed E-state index contributed by atoms with van der Waals surface area (Å²) in [6, 6.07) is -0.718. The SMILES string of the molecule is CCCCC/C=C\C/C=C\C/C=C\CCCCC(CC(=O)NC(CO)C(O)CCCCCCCCCCCCCC)OC(=O)CCCCCCC/C=C/C=C/CCCCCCCCC. The largest absolute Gasteiger partial charge is 0.462 e. The highest BCUT2D eigenvalue weighted by Crippen LogP contribution is 2.17. The number of carbonyl (C=O) groups excluding carboxylic acids is 2. The van der Waals surface area contributed by atoms with Gasteiger partial charge in [-0.25, -0.2) is 0 Å². The van der Waals surface area contributed by atoms with Crippen LogP contribution in [0.5, 0.6) is 0 Å². The molecule has 0 aromatic rings. The molecule has 0 aliphatic rings. The van der Waals surface area contributed by atoms with Crippen LogP contribution < -0.4 is 5.32 Å². The highest BCUT2D eigenvalue weighted by Gasteiger charge is 2.24. The van der Waals surface area contributed by atoms with Crippen molar-refractivity contribution in [2.24, 2.45) is 0 Å². The Morgan fingerprint density at radius 3 is 1.34 bits per heavy atom. The normalized spacial score (nSPS) is 13.6. The van der Waals surface area contributed by atoms with Crippen molar-refractivity contribution in [3.05, 3.63) is 60.8 Å². The first-order chi connectivity index (χ1) is 31.5. The van der Waals surface area contributed by atoms with Crippen LogP contribution in [0.3, 0.4) is 0 Å². The summed E-state index contributed by atoms with van der Waals surface area (Å²) in [4.78, 5) is 26.2. The molecule has 0 rings (SSSR count). The smallest absolute Gasteiger partial charge is 0.306 e. The number of ether oxygens (including phenoxy) is 1. The number of esters is 1. The maximum absolute atomic E-state index is 13.2. The van der Waals surface area contributed by atoms with Gasteiger partial charge in [-0.05, 0) is 89.9 Å². The molecule has 0 fully saturated rings. The van der Waals surface area contributed by atoms with Crippen LogP contribution in [-0.2, 0) is 14.3 Å². The van der Waals surface area contributed by atoms with Gasteiger partial charge in [0.1, 0.15) is 6.10 Å². The van der Waals surface area contributed by atoms with Crippen LogP contribution in [0.4, 0.5) is 0 Å². The number of rotatable bonds is 49. The number of nitrogens with one attached hydrogen (secondary N) is 1. The average molecular weight is 896 g/mol. The fourth-order valence-corrected chi connectivity index (χ4v) is 8.13. The third-order valence-electron chi connectivity index (χ3n) is 12.3. The summed E-state index contributed by atoms with van der Waals surface area (Å²) >= 11 is 0. The molecular weight excluding hydrogens is 791 g/mol. The van der Waals surface area contributed by atoms with Gasteiger partial charge in [0.05, 0.1) is 25.2 Å². The fraction of sp³-hybridized carbons (Fsp3) is 0.793. The number of aliphatic hydroxyl groups excluding tert-OH is 2. The third-order valence-corrected chi connectivity index (χ3v) is 12.3. The molecule has 0 bridgehead atoms. The lowest BCUT2D eigenvalue weighted by molar-refractivity contribution is -0.151. The first-order valence-corrected chi connectivity index (χ1v) is 27.5. The number of hydrogen-bond acceptors (Lipinski definition) is 5. The lowest BCUT2D eigenvalue weighted by atomic mass is 10.0. The van der Waals surface area contributed by atoms with Crippen molar-refractivity contribution in [3.8, 4) is 0 Å². The molecule has 0 heterocycles. The Labute approximate surface area is 397 Å². The van der Waals surface area contributed by atoms with Crippen molar-refractivity contribution >= 4 is 11.9 Å². The van der Waals surface area contributed by atoms with Crippen LogP contribution in [-0.4, -0.2) is 46.9 Å². The Morgan fingerprint density at radius 1 is 0.469 bits per heavy atom. The Bertz CT molecular complexity index is 1140. The van der Waals surface area contributed by atoms with E-state index < -0.39 is 18.2 Å². The molecule has 0 aromatic carbocycles. The lowest BCUT2D eigenvalue weighted by Gasteiger charge is -2.24. The number of unbranched alkanes of at least 4 members (excludes halogenated alkanes) is 28. The highest BCUT2D eigenvalue weighted by atomic mass is 16.5. The maximum Gasteiger partial charge on any atom is 0.306 e. The Morgan fingerprint density at radius 2 is 0.844 bits per heavy atom. The second kappa shape index (κ2) is 51.5. The van der Waals surface area contributed by atoms with E-state index in [-0.39, 0.29) is 24.9 Å². The molecule has 0 aliphatic heterocycles. The molecule has 0 saturated heterocycles. The van der Waals surface area contributed by atoms with Crippen molar-refractivity contribution in [2.45, 2.75) is 289 Å². The summed E-state index contributed by atoms with van der Waals surface area (Å²) in [6.45, 7) is 6.44. The highest BCUT2D eigenvalue weighted by molar-refractivity contribution is 5.77. The van der Waals surface area contributed by atoms with Crippen LogP contribution in [0.1, 0.15) is 271 Å². The zero-order valence-corrected chi connectivity index (χ0v) is 42.4. The Hall–Kier alpha value is -2.44. The zero-order chi connectivity index (χ0) is 46.7. The standard InChI is InChI=1S/C58H105NO5/c1-4-7-10-13-16-19-22-25-27-28-29-31-33-36-39-42-45-48-51-58(63)64-54(49-46-43-40-37-34-32-30-26-23-20-17-14-11-8-5-2)52-57(62)59-55(53-60)56(61)50-47-44-41-38-35-24-21-18-15-12-9-6-3/h17,20,26-31,34,37,54-56,60-61H,4-16,18-19,21-25,32-33,35-36,38-53H2,1-3H3,(H,59,62)/b20-17-,28-27+,30-26-,31-29+,37-34-. The number of aliphatic hydroxyl groups is 2. The van der Waals surface area contributed by atoms with E-state index in [0.29, 0.717) is 19.3 Å². The molecule has 0 radical (unpaired) electrons. The van der Waals surface area contributed by atoms with Crippen LogP contribution in [0.25, 0.3) is 0 Å². The molecule has 0 aliphatic carbocycles. The minimum absolute atomic E-state index is 0.0447. The van der Waals surface area contributed by atoms with Gasteiger partial charge in [-0.2, -0.15) is 0 Å². The van der Waals surface area contributed by atoms with Crippen molar-refractivity contribution in [1.82, 2.24) is 5.32 Å². The van der Waals surface area contributed by atoms with E-state index in [2.05, 4.69) is 86.8 Å². The van der Waals surface area contributed by atoms with Gasteiger partial charge in [-0.1, -0.05) is 229 Å². The van der Waals surface area contributed by atoms with E-state index in [1.165, 1.54) is 135 Å².